The van der Waals surface area contributed by atoms with Gasteiger partial charge in [-0.25, -0.2) is 4.39 Å². The van der Waals surface area contributed by atoms with E-state index in [0.717, 1.165) is 22.3 Å². The van der Waals surface area contributed by atoms with Crippen molar-refractivity contribution >= 4 is 28.9 Å². The van der Waals surface area contributed by atoms with Gasteiger partial charge in [0.25, 0.3) is 5.56 Å². The minimum absolute atomic E-state index is 0.0993. The summed E-state index contributed by atoms with van der Waals surface area (Å²) in [6, 6.07) is 11.3. The standard InChI is InChI=1S/C20H13Cl2FN2O/c1-25-10-17-11(6-19(25)26)9-24-20(15-5-3-13(23)8-18(15)22)16-7-12(21)2-4-14(16)17/h2-8,10H,9H2,1H3. The maximum absolute atomic E-state index is 13.5. The van der Waals surface area contributed by atoms with E-state index in [4.69, 9.17) is 23.2 Å². The van der Waals surface area contributed by atoms with Gasteiger partial charge in [-0.15, -0.1) is 0 Å². The van der Waals surface area contributed by atoms with E-state index >= 15 is 0 Å². The molecular weight excluding hydrogens is 374 g/mol. The minimum Gasteiger partial charge on any atom is -0.318 e. The van der Waals surface area contributed by atoms with E-state index in [1.54, 1.807) is 31.4 Å². The first-order chi connectivity index (χ1) is 12.4. The fraction of sp³-hybridized carbons (Fsp3) is 0.100. The number of rotatable bonds is 1. The molecule has 0 fully saturated rings. The molecule has 6 heteroatoms. The van der Waals surface area contributed by atoms with Gasteiger partial charge in [0.1, 0.15) is 5.82 Å². The Morgan fingerprint density at radius 2 is 1.77 bits per heavy atom. The summed E-state index contributed by atoms with van der Waals surface area (Å²) in [5.74, 6) is -0.411. The largest absolute Gasteiger partial charge is 0.318 e. The molecule has 0 saturated carbocycles. The van der Waals surface area contributed by atoms with Crippen molar-refractivity contribution in [1.82, 2.24) is 4.57 Å². The average molecular weight is 387 g/mol. The van der Waals surface area contributed by atoms with Crippen molar-refractivity contribution < 1.29 is 4.39 Å². The lowest BCUT2D eigenvalue weighted by atomic mass is 9.93. The minimum atomic E-state index is -0.411. The molecule has 0 radical (unpaired) electrons. The van der Waals surface area contributed by atoms with Crippen LogP contribution in [0.5, 0.6) is 0 Å². The molecule has 0 aliphatic carbocycles. The van der Waals surface area contributed by atoms with Gasteiger partial charge in [-0.05, 0) is 41.5 Å². The Balaban J connectivity index is 2.03. The summed E-state index contributed by atoms with van der Waals surface area (Å²) in [6.07, 6.45) is 1.80. The van der Waals surface area contributed by atoms with Gasteiger partial charge in [-0.2, -0.15) is 0 Å². The normalized spacial score (nSPS) is 12.8. The smallest absolute Gasteiger partial charge is 0.250 e. The number of hydrogen-bond acceptors (Lipinski definition) is 2. The first kappa shape index (κ1) is 17.0. The number of nitrogens with zero attached hydrogens (tertiary/aromatic N) is 2. The maximum atomic E-state index is 13.5. The van der Waals surface area contributed by atoms with Crippen LogP contribution in [0.25, 0.3) is 11.1 Å². The predicted octanol–water partition coefficient (Wildman–Crippen LogP) is 4.85. The van der Waals surface area contributed by atoms with Crippen molar-refractivity contribution in [3.8, 4) is 11.1 Å². The average Bonchev–Trinajstić information content (AvgIpc) is 2.73. The Kier molecular flexibility index (Phi) is 4.17. The van der Waals surface area contributed by atoms with Crippen LogP contribution in [0.15, 0.2) is 58.4 Å². The molecule has 3 nitrogen and oxygen atoms in total. The van der Waals surface area contributed by atoms with Crippen LogP contribution in [0.4, 0.5) is 4.39 Å². The highest BCUT2D eigenvalue weighted by Crippen LogP contribution is 2.35. The second-order valence-electron chi connectivity index (χ2n) is 6.14. The van der Waals surface area contributed by atoms with E-state index in [1.807, 2.05) is 12.1 Å². The highest BCUT2D eigenvalue weighted by Gasteiger charge is 2.21. The van der Waals surface area contributed by atoms with Gasteiger partial charge in [0.15, 0.2) is 0 Å². The third-order valence-electron chi connectivity index (χ3n) is 4.43. The Morgan fingerprint density at radius 3 is 2.54 bits per heavy atom. The number of fused-ring (bicyclic) bond motifs is 3. The summed E-state index contributed by atoms with van der Waals surface area (Å²) in [7, 11) is 1.71. The molecule has 1 aliphatic rings. The number of aliphatic imine (C=N–C) groups is 1. The zero-order valence-electron chi connectivity index (χ0n) is 13.8. The zero-order valence-corrected chi connectivity index (χ0v) is 15.3. The van der Waals surface area contributed by atoms with Gasteiger partial charge in [0.05, 0.1) is 17.3 Å². The van der Waals surface area contributed by atoms with Crippen LogP contribution < -0.4 is 5.56 Å². The van der Waals surface area contributed by atoms with Crippen LogP contribution in [0.1, 0.15) is 16.7 Å². The van der Waals surface area contributed by atoms with E-state index < -0.39 is 5.82 Å². The number of aryl methyl sites for hydroxylation is 1. The van der Waals surface area contributed by atoms with Gasteiger partial charge in [0.2, 0.25) is 0 Å². The molecule has 0 saturated heterocycles. The molecule has 2 heterocycles. The molecule has 0 N–H and O–H groups in total. The fourth-order valence-corrected chi connectivity index (χ4v) is 3.58. The number of pyridine rings is 1. The molecular formula is C20H13Cl2FN2O. The second-order valence-corrected chi connectivity index (χ2v) is 6.98. The highest BCUT2D eigenvalue weighted by molar-refractivity contribution is 6.36. The van der Waals surface area contributed by atoms with Crippen LogP contribution in [-0.4, -0.2) is 10.3 Å². The topological polar surface area (TPSA) is 34.4 Å². The molecule has 0 amide bonds. The Morgan fingerprint density at radius 1 is 1.00 bits per heavy atom. The third kappa shape index (κ3) is 2.85. The van der Waals surface area contributed by atoms with E-state index in [2.05, 4.69) is 4.99 Å². The van der Waals surface area contributed by atoms with Crippen molar-refractivity contribution in [2.75, 3.05) is 0 Å². The van der Waals surface area contributed by atoms with Crippen LogP contribution in [0.2, 0.25) is 10.0 Å². The Hall–Kier alpha value is -2.43. The van der Waals surface area contributed by atoms with Gasteiger partial charge in [-0.1, -0.05) is 29.3 Å². The summed E-state index contributed by atoms with van der Waals surface area (Å²) in [5.41, 5.74) is 4.58. The van der Waals surface area contributed by atoms with Crippen molar-refractivity contribution in [1.29, 1.82) is 0 Å². The third-order valence-corrected chi connectivity index (χ3v) is 4.98. The van der Waals surface area contributed by atoms with Crippen LogP contribution in [-0.2, 0) is 13.6 Å². The number of halogens is 3. The van der Waals surface area contributed by atoms with Crippen molar-refractivity contribution in [2.45, 2.75) is 6.54 Å². The Labute approximate surface area is 159 Å². The number of hydrogen-bond donors (Lipinski definition) is 0. The van der Waals surface area contributed by atoms with Gasteiger partial charge >= 0.3 is 0 Å². The predicted molar refractivity (Wildman–Crippen MR) is 103 cm³/mol. The molecule has 0 unspecified atom stereocenters. The molecule has 0 spiro atoms. The first-order valence-electron chi connectivity index (χ1n) is 7.94. The summed E-state index contributed by atoms with van der Waals surface area (Å²) >= 11 is 12.5. The molecule has 2 aromatic carbocycles. The molecule has 0 atom stereocenters. The molecule has 3 aromatic rings. The molecule has 4 rings (SSSR count). The highest BCUT2D eigenvalue weighted by atomic mass is 35.5. The van der Waals surface area contributed by atoms with Crippen molar-refractivity contribution in [2.24, 2.45) is 12.0 Å². The molecule has 1 aliphatic heterocycles. The van der Waals surface area contributed by atoms with Crippen molar-refractivity contribution in [3.05, 3.63) is 91.6 Å². The van der Waals surface area contributed by atoms with E-state index in [1.165, 1.54) is 16.7 Å². The molecule has 26 heavy (non-hydrogen) atoms. The van der Waals surface area contributed by atoms with E-state index in [0.29, 0.717) is 22.8 Å². The monoisotopic (exact) mass is 386 g/mol. The van der Waals surface area contributed by atoms with E-state index in [-0.39, 0.29) is 10.6 Å². The quantitative estimate of drug-likeness (QED) is 0.588. The lowest BCUT2D eigenvalue weighted by Gasteiger charge is -2.13. The lowest BCUT2D eigenvalue weighted by molar-refractivity contribution is 0.628. The van der Waals surface area contributed by atoms with Gasteiger partial charge in [0, 0.05) is 41.0 Å². The van der Waals surface area contributed by atoms with Crippen LogP contribution in [0, 0.1) is 5.82 Å². The molecule has 0 bridgehead atoms. The second kappa shape index (κ2) is 6.38. The lowest BCUT2D eigenvalue weighted by Crippen LogP contribution is -2.16. The maximum Gasteiger partial charge on any atom is 0.250 e. The molecule has 1 aromatic heterocycles. The SMILES string of the molecule is Cn1cc2c(cc1=O)CN=C(c1ccc(F)cc1Cl)c1cc(Cl)ccc1-2. The summed E-state index contributed by atoms with van der Waals surface area (Å²) in [6.45, 7) is 0.320. The zero-order chi connectivity index (χ0) is 18.4. The molecule has 130 valence electrons. The van der Waals surface area contributed by atoms with Crippen LogP contribution in [0.3, 0.4) is 0 Å². The van der Waals surface area contributed by atoms with Crippen molar-refractivity contribution in [3.63, 3.8) is 0 Å². The van der Waals surface area contributed by atoms with Crippen LogP contribution >= 0.6 is 23.2 Å². The summed E-state index contributed by atoms with van der Waals surface area (Å²) in [4.78, 5) is 16.7. The fourth-order valence-electron chi connectivity index (χ4n) is 3.15. The van der Waals surface area contributed by atoms with Gasteiger partial charge < -0.3 is 4.57 Å². The number of aromatic nitrogens is 1. The Bertz CT molecular complexity index is 1140. The van der Waals surface area contributed by atoms with Gasteiger partial charge in [-0.3, -0.25) is 9.79 Å². The summed E-state index contributed by atoms with van der Waals surface area (Å²) < 4.78 is 15.0. The summed E-state index contributed by atoms with van der Waals surface area (Å²) in [5, 5.41) is 0.832. The first-order valence-corrected chi connectivity index (χ1v) is 8.69. The number of benzene rings is 2. The van der Waals surface area contributed by atoms with E-state index in [9.17, 15) is 9.18 Å².